The van der Waals surface area contributed by atoms with E-state index in [1.807, 2.05) is 6.92 Å². The van der Waals surface area contributed by atoms with Crippen LogP contribution in [0.25, 0.3) is 0 Å². The van der Waals surface area contributed by atoms with Gasteiger partial charge in [0, 0.05) is 49.7 Å². The van der Waals surface area contributed by atoms with Crippen LogP contribution in [0.2, 0.25) is 0 Å². The quantitative estimate of drug-likeness (QED) is 0.369. The Bertz CT molecular complexity index is 658. The Kier molecular flexibility index (Phi) is 10.8. The van der Waals surface area contributed by atoms with Crippen LogP contribution in [0.1, 0.15) is 59.8 Å². The highest BCUT2D eigenvalue weighted by molar-refractivity contribution is 7.99. The van der Waals surface area contributed by atoms with Gasteiger partial charge in [-0.15, -0.1) is 0 Å². The van der Waals surface area contributed by atoms with Crippen molar-refractivity contribution >= 4 is 35.2 Å². The second kappa shape index (κ2) is 12.3. The van der Waals surface area contributed by atoms with Crippen molar-refractivity contribution in [3.05, 3.63) is 12.2 Å². The van der Waals surface area contributed by atoms with Gasteiger partial charge >= 0.3 is 5.97 Å². The second-order valence-corrected chi connectivity index (χ2v) is 10.4. The van der Waals surface area contributed by atoms with Crippen LogP contribution in [0.15, 0.2) is 12.2 Å². The molecule has 4 unspecified atom stereocenters. The molecule has 0 aromatic heterocycles. The molecular weight excluding hydrogens is 402 g/mol. The van der Waals surface area contributed by atoms with Crippen molar-refractivity contribution in [3.63, 3.8) is 0 Å². The van der Waals surface area contributed by atoms with E-state index >= 15 is 0 Å². The number of nitrogens with one attached hydrogen (secondary N) is 1. The van der Waals surface area contributed by atoms with Gasteiger partial charge in [0.15, 0.2) is 0 Å². The first-order valence-electron chi connectivity index (χ1n) is 10.6. The molecule has 0 aromatic rings. The molecule has 0 aromatic carbocycles. The number of allylic oxidation sites excluding steroid dienone is 2. The van der Waals surface area contributed by atoms with E-state index in [1.165, 1.54) is 25.9 Å². The summed E-state index contributed by atoms with van der Waals surface area (Å²) in [4.78, 5) is 48.6. The highest BCUT2D eigenvalue weighted by Crippen LogP contribution is 2.42. The van der Waals surface area contributed by atoms with Crippen molar-refractivity contribution in [1.29, 1.82) is 0 Å². The second-order valence-electron chi connectivity index (χ2n) is 8.91. The van der Waals surface area contributed by atoms with Crippen molar-refractivity contribution in [1.82, 2.24) is 5.32 Å². The van der Waals surface area contributed by atoms with Crippen molar-refractivity contribution < 1.29 is 23.9 Å². The SMILES string of the molecule is CNC(=O)CCC(=O)CC(CSC(C)CC(=O)C1C(C)C=CCC1(C)C)C(=O)OC. The summed E-state index contributed by atoms with van der Waals surface area (Å²) in [6, 6.07) is 0. The van der Waals surface area contributed by atoms with Gasteiger partial charge in [0.1, 0.15) is 11.6 Å². The van der Waals surface area contributed by atoms with Crippen molar-refractivity contribution in [3.8, 4) is 0 Å². The number of ether oxygens (including phenoxy) is 1. The van der Waals surface area contributed by atoms with Crippen molar-refractivity contribution in [2.45, 2.75) is 65.0 Å². The Morgan fingerprint density at radius 2 is 1.87 bits per heavy atom. The Morgan fingerprint density at radius 3 is 2.43 bits per heavy atom. The molecule has 0 saturated carbocycles. The van der Waals surface area contributed by atoms with Gasteiger partial charge in [-0.25, -0.2) is 0 Å². The van der Waals surface area contributed by atoms with Gasteiger partial charge in [-0.1, -0.05) is 39.8 Å². The third kappa shape index (κ3) is 8.25. The summed E-state index contributed by atoms with van der Waals surface area (Å²) < 4.78 is 4.85. The first-order valence-corrected chi connectivity index (χ1v) is 11.7. The number of carbonyl (C=O) groups is 4. The highest BCUT2D eigenvalue weighted by atomic mass is 32.2. The van der Waals surface area contributed by atoms with E-state index in [-0.39, 0.29) is 59.2 Å². The van der Waals surface area contributed by atoms with Gasteiger partial charge in [-0.3, -0.25) is 19.2 Å². The number of methoxy groups -OCH3 is 1. The van der Waals surface area contributed by atoms with Gasteiger partial charge in [0.05, 0.1) is 13.0 Å². The number of thioether (sulfide) groups is 1. The van der Waals surface area contributed by atoms with Gasteiger partial charge < -0.3 is 10.1 Å². The molecular formula is C23H37NO5S. The molecule has 1 aliphatic carbocycles. The number of hydrogen-bond donors (Lipinski definition) is 1. The monoisotopic (exact) mass is 439 g/mol. The van der Waals surface area contributed by atoms with Crippen LogP contribution in [-0.2, 0) is 23.9 Å². The van der Waals surface area contributed by atoms with Crippen molar-refractivity contribution in [2.24, 2.45) is 23.2 Å². The molecule has 0 saturated heterocycles. The fraction of sp³-hybridized carbons (Fsp3) is 0.739. The molecule has 7 heteroatoms. The maximum Gasteiger partial charge on any atom is 0.309 e. The molecule has 0 fully saturated rings. The molecule has 0 spiro atoms. The fourth-order valence-electron chi connectivity index (χ4n) is 4.15. The minimum absolute atomic E-state index is 0.00626. The third-order valence-electron chi connectivity index (χ3n) is 5.79. The summed E-state index contributed by atoms with van der Waals surface area (Å²) in [7, 11) is 2.83. The fourth-order valence-corrected chi connectivity index (χ4v) is 5.24. The lowest BCUT2D eigenvalue weighted by molar-refractivity contribution is -0.146. The molecule has 6 nitrogen and oxygen atoms in total. The molecule has 1 aliphatic rings. The maximum absolute atomic E-state index is 13.0. The molecule has 1 amide bonds. The Morgan fingerprint density at radius 1 is 1.20 bits per heavy atom. The number of hydrogen-bond acceptors (Lipinski definition) is 6. The van der Waals surface area contributed by atoms with Crippen LogP contribution in [0, 0.1) is 23.2 Å². The number of carbonyl (C=O) groups excluding carboxylic acids is 4. The molecule has 0 radical (unpaired) electrons. The van der Waals surface area contributed by atoms with Crippen LogP contribution in [0.5, 0.6) is 0 Å². The van der Waals surface area contributed by atoms with E-state index in [0.29, 0.717) is 12.2 Å². The van der Waals surface area contributed by atoms with Gasteiger partial charge in [-0.2, -0.15) is 11.8 Å². The van der Waals surface area contributed by atoms with E-state index in [9.17, 15) is 19.2 Å². The zero-order chi connectivity index (χ0) is 22.9. The summed E-state index contributed by atoms with van der Waals surface area (Å²) in [5, 5.41) is 2.52. The first kappa shape index (κ1) is 26.4. The third-order valence-corrected chi connectivity index (χ3v) is 7.12. The maximum atomic E-state index is 13.0. The number of rotatable bonds is 12. The average Bonchev–Trinajstić information content (AvgIpc) is 2.67. The van der Waals surface area contributed by atoms with E-state index in [4.69, 9.17) is 4.74 Å². The average molecular weight is 440 g/mol. The van der Waals surface area contributed by atoms with E-state index in [2.05, 4.69) is 38.2 Å². The van der Waals surface area contributed by atoms with Crippen LogP contribution in [-0.4, -0.2) is 48.6 Å². The summed E-state index contributed by atoms with van der Waals surface area (Å²) in [6.07, 6.45) is 5.90. The molecule has 0 bridgehead atoms. The van der Waals surface area contributed by atoms with Crippen LogP contribution >= 0.6 is 11.8 Å². The van der Waals surface area contributed by atoms with E-state index in [0.717, 1.165) is 6.42 Å². The largest absolute Gasteiger partial charge is 0.469 e. The van der Waals surface area contributed by atoms with Gasteiger partial charge in [0.25, 0.3) is 0 Å². The topological polar surface area (TPSA) is 89.5 Å². The van der Waals surface area contributed by atoms with Gasteiger partial charge in [-0.05, 0) is 17.8 Å². The summed E-state index contributed by atoms with van der Waals surface area (Å²) in [5.41, 5.74) is -0.0542. The summed E-state index contributed by atoms with van der Waals surface area (Å²) in [6.45, 7) is 8.37. The first-order chi connectivity index (χ1) is 14.0. The van der Waals surface area contributed by atoms with E-state index in [1.54, 1.807) is 0 Å². The number of ketones is 2. The molecule has 0 aliphatic heterocycles. The Hall–Kier alpha value is -1.63. The summed E-state index contributed by atoms with van der Waals surface area (Å²) >= 11 is 1.52. The van der Waals surface area contributed by atoms with E-state index < -0.39 is 11.9 Å². The number of amides is 1. The number of esters is 1. The lowest BCUT2D eigenvalue weighted by Gasteiger charge is -2.39. The predicted molar refractivity (Wildman–Crippen MR) is 120 cm³/mol. The zero-order valence-electron chi connectivity index (χ0n) is 19.2. The highest BCUT2D eigenvalue weighted by Gasteiger charge is 2.39. The van der Waals surface area contributed by atoms with Crippen molar-refractivity contribution in [2.75, 3.05) is 19.9 Å². The molecule has 1 rings (SSSR count). The Balaban J connectivity index is 2.60. The Labute approximate surface area is 185 Å². The molecule has 30 heavy (non-hydrogen) atoms. The lowest BCUT2D eigenvalue weighted by atomic mass is 9.65. The van der Waals surface area contributed by atoms with Gasteiger partial charge in [0.2, 0.25) is 5.91 Å². The molecule has 4 atom stereocenters. The predicted octanol–water partition coefficient (Wildman–Crippen LogP) is 3.58. The standard InChI is InChI=1S/C23H37NO5S/c1-15-8-7-11-23(3,4)21(15)19(26)12-16(2)30-14-17(22(28)29-6)13-18(25)9-10-20(27)24-5/h7-8,15-17,21H,9-14H2,1-6H3,(H,24,27). The summed E-state index contributed by atoms with van der Waals surface area (Å²) in [5.74, 6) is -0.446. The zero-order valence-corrected chi connectivity index (χ0v) is 20.0. The van der Waals surface area contributed by atoms with Crippen LogP contribution in [0.4, 0.5) is 0 Å². The minimum atomic E-state index is -0.567. The smallest absolute Gasteiger partial charge is 0.309 e. The minimum Gasteiger partial charge on any atom is -0.469 e. The normalized spacial score (nSPS) is 22.1. The van der Waals surface area contributed by atoms with Crippen LogP contribution in [0.3, 0.4) is 0 Å². The molecule has 1 N–H and O–H groups in total. The lowest BCUT2D eigenvalue weighted by Crippen LogP contribution is -2.38. The van der Waals surface area contributed by atoms with Crippen LogP contribution < -0.4 is 5.32 Å². The molecule has 0 heterocycles. The number of Topliss-reactive ketones (excluding diaryl/α,β-unsaturated/α-hetero) is 2. The molecule has 170 valence electrons.